The number of amides is 1. The first kappa shape index (κ1) is 8.05. The molecular formula is C9H15NO2. The van der Waals surface area contributed by atoms with Crippen molar-refractivity contribution in [2.45, 2.75) is 25.8 Å². The maximum atomic E-state index is 11.4. The normalized spacial score (nSPS) is 36.4. The van der Waals surface area contributed by atoms with Gasteiger partial charge in [0.05, 0.1) is 12.6 Å². The second kappa shape index (κ2) is 3.05. The molecule has 3 nitrogen and oxygen atoms in total. The fourth-order valence-electron chi connectivity index (χ4n) is 2.04. The Labute approximate surface area is 72.7 Å². The van der Waals surface area contributed by atoms with Gasteiger partial charge in [-0.3, -0.25) is 4.79 Å². The van der Waals surface area contributed by atoms with Gasteiger partial charge in [-0.1, -0.05) is 6.92 Å². The van der Waals surface area contributed by atoms with Gasteiger partial charge in [0, 0.05) is 19.6 Å². The van der Waals surface area contributed by atoms with Gasteiger partial charge in [-0.15, -0.1) is 0 Å². The number of ether oxygens (including phenoxy) is 1. The summed E-state index contributed by atoms with van der Waals surface area (Å²) in [4.78, 5) is 13.4. The predicted octanol–water partition coefficient (Wildman–Crippen LogP) is 0.644. The predicted molar refractivity (Wildman–Crippen MR) is 44.7 cm³/mol. The number of carbonyl (C=O) groups excluding carboxylic acids is 1. The zero-order valence-electron chi connectivity index (χ0n) is 7.45. The van der Waals surface area contributed by atoms with E-state index in [0.717, 1.165) is 32.6 Å². The second-order valence-electron chi connectivity index (χ2n) is 3.87. The van der Waals surface area contributed by atoms with Crippen molar-refractivity contribution >= 4 is 5.91 Å². The molecule has 0 aromatic rings. The molecule has 0 saturated carbocycles. The molecule has 0 aliphatic carbocycles. The molecule has 2 atom stereocenters. The summed E-state index contributed by atoms with van der Waals surface area (Å²) in [5.74, 6) is 0.858. The molecule has 2 heterocycles. The molecule has 1 unspecified atom stereocenters. The van der Waals surface area contributed by atoms with E-state index in [1.807, 2.05) is 4.90 Å². The third-order valence-corrected chi connectivity index (χ3v) is 2.70. The highest BCUT2D eigenvalue weighted by atomic mass is 16.5. The minimum absolute atomic E-state index is 0.318. The third-order valence-electron chi connectivity index (χ3n) is 2.70. The molecule has 1 amide bonds. The molecule has 2 fully saturated rings. The standard InChI is InChI=1S/C9H15NO2/c1-7-4-9(11)10(5-7)8-2-3-12-6-8/h7-8H,2-6H2,1H3/t7?,8-/m0/s1. The minimum atomic E-state index is 0.318. The van der Waals surface area contributed by atoms with E-state index in [4.69, 9.17) is 4.74 Å². The lowest BCUT2D eigenvalue weighted by Crippen LogP contribution is -2.36. The average Bonchev–Trinajstić information content (AvgIpc) is 2.58. The van der Waals surface area contributed by atoms with E-state index >= 15 is 0 Å². The molecule has 12 heavy (non-hydrogen) atoms. The number of rotatable bonds is 1. The van der Waals surface area contributed by atoms with Crippen LogP contribution < -0.4 is 0 Å². The fraction of sp³-hybridized carbons (Fsp3) is 0.889. The number of hydrogen-bond donors (Lipinski definition) is 0. The van der Waals surface area contributed by atoms with E-state index in [2.05, 4.69) is 6.92 Å². The summed E-state index contributed by atoms with van der Waals surface area (Å²) in [5, 5.41) is 0. The molecule has 2 saturated heterocycles. The van der Waals surface area contributed by atoms with Crippen LogP contribution in [0.25, 0.3) is 0 Å². The number of likely N-dealkylation sites (tertiary alicyclic amines) is 1. The highest BCUT2D eigenvalue weighted by molar-refractivity contribution is 5.78. The van der Waals surface area contributed by atoms with Crippen LogP contribution in [0.4, 0.5) is 0 Å². The van der Waals surface area contributed by atoms with E-state index in [1.54, 1.807) is 0 Å². The Morgan fingerprint density at radius 3 is 2.92 bits per heavy atom. The quantitative estimate of drug-likeness (QED) is 0.576. The van der Waals surface area contributed by atoms with Gasteiger partial charge in [-0.2, -0.15) is 0 Å². The first-order chi connectivity index (χ1) is 5.77. The lowest BCUT2D eigenvalue weighted by molar-refractivity contribution is -0.129. The number of nitrogens with zero attached hydrogens (tertiary/aromatic N) is 1. The van der Waals surface area contributed by atoms with Gasteiger partial charge in [0.15, 0.2) is 0 Å². The first-order valence-electron chi connectivity index (χ1n) is 4.64. The van der Waals surface area contributed by atoms with Gasteiger partial charge in [-0.25, -0.2) is 0 Å². The van der Waals surface area contributed by atoms with Gasteiger partial charge in [0.2, 0.25) is 5.91 Å². The molecule has 0 spiro atoms. The largest absolute Gasteiger partial charge is 0.379 e. The maximum absolute atomic E-state index is 11.4. The van der Waals surface area contributed by atoms with Crippen molar-refractivity contribution in [2.75, 3.05) is 19.8 Å². The van der Waals surface area contributed by atoms with E-state index in [9.17, 15) is 4.79 Å². The molecular weight excluding hydrogens is 154 g/mol. The van der Waals surface area contributed by atoms with Crippen LogP contribution in [0.3, 0.4) is 0 Å². The van der Waals surface area contributed by atoms with Crippen LogP contribution in [0.2, 0.25) is 0 Å². The van der Waals surface area contributed by atoms with Crippen LogP contribution in [0.5, 0.6) is 0 Å². The van der Waals surface area contributed by atoms with Crippen molar-refractivity contribution in [3.8, 4) is 0 Å². The van der Waals surface area contributed by atoms with Crippen molar-refractivity contribution in [3.05, 3.63) is 0 Å². The summed E-state index contributed by atoms with van der Waals surface area (Å²) in [6.45, 7) is 4.64. The van der Waals surface area contributed by atoms with Crippen LogP contribution in [0.15, 0.2) is 0 Å². The van der Waals surface area contributed by atoms with E-state index < -0.39 is 0 Å². The van der Waals surface area contributed by atoms with Crippen molar-refractivity contribution in [2.24, 2.45) is 5.92 Å². The lowest BCUT2D eigenvalue weighted by Gasteiger charge is -2.22. The summed E-state index contributed by atoms with van der Waals surface area (Å²) >= 11 is 0. The lowest BCUT2D eigenvalue weighted by atomic mass is 10.2. The zero-order valence-corrected chi connectivity index (χ0v) is 7.45. The Bertz CT molecular complexity index is 187. The summed E-state index contributed by atoms with van der Waals surface area (Å²) in [5.41, 5.74) is 0. The first-order valence-corrected chi connectivity index (χ1v) is 4.64. The molecule has 0 aromatic carbocycles. The monoisotopic (exact) mass is 169 g/mol. The Morgan fingerprint density at radius 2 is 2.42 bits per heavy atom. The van der Waals surface area contributed by atoms with E-state index in [0.29, 0.717) is 17.9 Å². The van der Waals surface area contributed by atoms with Crippen molar-refractivity contribution < 1.29 is 9.53 Å². The maximum Gasteiger partial charge on any atom is 0.223 e. The van der Waals surface area contributed by atoms with E-state index in [1.165, 1.54) is 0 Å². The van der Waals surface area contributed by atoms with Crippen LogP contribution in [0, 0.1) is 5.92 Å². The Hall–Kier alpha value is -0.570. The summed E-state index contributed by atoms with van der Waals surface area (Å²) in [6.07, 6.45) is 1.76. The van der Waals surface area contributed by atoms with Gasteiger partial charge < -0.3 is 9.64 Å². The van der Waals surface area contributed by atoms with E-state index in [-0.39, 0.29) is 0 Å². The summed E-state index contributed by atoms with van der Waals surface area (Å²) in [6, 6.07) is 0.377. The van der Waals surface area contributed by atoms with Crippen LogP contribution in [0.1, 0.15) is 19.8 Å². The Balaban J connectivity index is 1.98. The summed E-state index contributed by atoms with van der Waals surface area (Å²) in [7, 11) is 0. The molecule has 0 radical (unpaired) electrons. The SMILES string of the molecule is CC1CC(=O)N([C@H]2CCOC2)C1. The highest BCUT2D eigenvalue weighted by Crippen LogP contribution is 2.23. The zero-order chi connectivity index (χ0) is 8.55. The minimum Gasteiger partial charge on any atom is -0.379 e. The Kier molecular flexibility index (Phi) is 2.05. The molecule has 0 N–H and O–H groups in total. The average molecular weight is 169 g/mol. The topological polar surface area (TPSA) is 29.5 Å². The molecule has 3 heteroatoms. The van der Waals surface area contributed by atoms with Crippen molar-refractivity contribution in [1.82, 2.24) is 4.90 Å². The van der Waals surface area contributed by atoms with Gasteiger partial charge in [0.1, 0.15) is 0 Å². The molecule has 0 aromatic heterocycles. The van der Waals surface area contributed by atoms with Gasteiger partial charge in [0.25, 0.3) is 0 Å². The molecule has 68 valence electrons. The number of carbonyl (C=O) groups is 1. The number of hydrogen-bond acceptors (Lipinski definition) is 2. The van der Waals surface area contributed by atoms with Gasteiger partial charge >= 0.3 is 0 Å². The second-order valence-corrected chi connectivity index (χ2v) is 3.87. The fourth-order valence-corrected chi connectivity index (χ4v) is 2.04. The van der Waals surface area contributed by atoms with Crippen molar-refractivity contribution in [3.63, 3.8) is 0 Å². The molecule has 2 aliphatic heterocycles. The third kappa shape index (κ3) is 1.33. The molecule has 0 bridgehead atoms. The Morgan fingerprint density at radius 1 is 1.58 bits per heavy atom. The van der Waals surface area contributed by atoms with Crippen LogP contribution in [-0.2, 0) is 9.53 Å². The van der Waals surface area contributed by atoms with Crippen molar-refractivity contribution in [1.29, 1.82) is 0 Å². The van der Waals surface area contributed by atoms with Crippen LogP contribution >= 0.6 is 0 Å². The smallest absolute Gasteiger partial charge is 0.223 e. The van der Waals surface area contributed by atoms with Gasteiger partial charge in [-0.05, 0) is 12.3 Å². The summed E-state index contributed by atoms with van der Waals surface area (Å²) < 4.78 is 5.26. The highest BCUT2D eigenvalue weighted by Gasteiger charge is 2.33. The van der Waals surface area contributed by atoms with Crippen LogP contribution in [-0.4, -0.2) is 36.6 Å². The molecule has 2 aliphatic rings. The molecule has 2 rings (SSSR count).